The van der Waals surface area contributed by atoms with Gasteiger partial charge in [0, 0.05) is 32.4 Å². The first-order valence-electron chi connectivity index (χ1n) is 12.2. The third kappa shape index (κ3) is 6.44. The Labute approximate surface area is 223 Å². The molecule has 5 unspecified atom stereocenters. The molecule has 5 atom stereocenters. The molecule has 4 rings (SSSR count). The van der Waals surface area contributed by atoms with E-state index in [4.69, 9.17) is 23.7 Å². The summed E-state index contributed by atoms with van der Waals surface area (Å²) < 4.78 is 27.6. The van der Waals surface area contributed by atoms with Crippen LogP contribution in [0.2, 0.25) is 0 Å². The van der Waals surface area contributed by atoms with E-state index in [2.05, 4.69) is 4.98 Å². The minimum atomic E-state index is -1.48. The molecule has 0 saturated carbocycles. The van der Waals surface area contributed by atoms with Gasteiger partial charge in [-0.1, -0.05) is 18.2 Å². The highest BCUT2D eigenvalue weighted by atomic mass is 16.7. The van der Waals surface area contributed by atoms with Gasteiger partial charge in [0.2, 0.25) is 12.4 Å². The quantitative estimate of drug-likeness (QED) is 0.338. The van der Waals surface area contributed by atoms with Crippen LogP contribution in [0.4, 0.5) is 0 Å². The molecule has 0 aliphatic carbocycles. The summed E-state index contributed by atoms with van der Waals surface area (Å²) in [4.78, 5) is 49.9. The lowest BCUT2D eigenvalue weighted by molar-refractivity contribution is -0.285. The molecule has 2 aromatic carbocycles. The number of hydrogen-bond donors (Lipinski definition) is 2. The molecule has 1 saturated heterocycles. The monoisotopic (exact) mass is 539 g/mol. The Balaban J connectivity index is 1.64. The van der Waals surface area contributed by atoms with Crippen molar-refractivity contribution >= 4 is 28.7 Å². The van der Waals surface area contributed by atoms with E-state index in [1.165, 1.54) is 6.92 Å². The maximum Gasteiger partial charge on any atom is 0.303 e. The Hall–Kier alpha value is -4.22. The molecule has 0 bridgehead atoms. The van der Waals surface area contributed by atoms with Gasteiger partial charge in [0.05, 0.1) is 0 Å². The van der Waals surface area contributed by atoms with E-state index in [9.17, 15) is 24.3 Å². The number of pyridine rings is 1. The van der Waals surface area contributed by atoms with E-state index < -0.39 is 48.6 Å². The topological polar surface area (TPSA) is 150 Å². The molecule has 2 heterocycles. The average Bonchev–Trinajstić information content (AvgIpc) is 2.87. The fourth-order valence-corrected chi connectivity index (χ4v) is 4.41. The van der Waals surface area contributed by atoms with Gasteiger partial charge in [-0.3, -0.25) is 19.2 Å². The molecule has 3 aromatic rings. The Kier molecular flexibility index (Phi) is 8.32. The number of aromatic amines is 1. The molecule has 1 fully saturated rings. The first-order valence-corrected chi connectivity index (χ1v) is 12.2. The number of hydrogen-bond acceptors (Lipinski definition) is 10. The van der Waals surface area contributed by atoms with Gasteiger partial charge in [-0.2, -0.15) is 0 Å². The number of nitrogens with one attached hydrogen (secondary N) is 1. The van der Waals surface area contributed by atoms with Crippen LogP contribution in [0, 0.1) is 6.92 Å². The second-order valence-corrected chi connectivity index (χ2v) is 9.19. The van der Waals surface area contributed by atoms with E-state index in [0.29, 0.717) is 16.7 Å². The average molecular weight is 540 g/mol. The van der Waals surface area contributed by atoms with Crippen molar-refractivity contribution in [1.82, 2.24) is 4.98 Å². The zero-order valence-electron chi connectivity index (χ0n) is 21.8. The normalized spacial score (nSPS) is 22.6. The molecule has 1 aliphatic heterocycles. The Bertz CT molecular complexity index is 1450. The lowest BCUT2D eigenvalue weighted by Crippen LogP contribution is -2.62. The molecule has 39 heavy (non-hydrogen) atoms. The Morgan fingerprint density at radius 1 is 0.923 bits per heavy atom. The highest BCUT2D eigenvalue weighted by Gasteiger charge is 2.51. The van der Waals surface area contributed by atoms with Gasteiger partial charge in [0.1, 0.15) is 24.6 Å². The van der Waals surface area contributed by atoms with E-state index in [1.807, 2.05) is 24.3 Å². The van der Waals surface area contributed by atoms with Crippen LogP contribution in [0.3, 0.4) is 0 Å². The summed E-state index contributed by atoms with van der Waals surface area (Å²) in [5.74, 6) is -1.67. The fraction of sp³-hybridized carbons (Fsp3) is 0.357. The van der Waals surface area contributed by atoms with Crippen LogP contribution in [0.15, 0.2) is 53.5 Å². The van der Waals surface area contributed by atoms with Crippen molar-refractivity contribution in [3.63, 3.8) is 0 Å². The molecule has 1 aromatic heterocycles. The molecule has 2 N–H and O–H groups in total. The van der Waals surface area contributed by atoms with Gasteiger partial charge >= 0.3 is 17.9 Å². The fourth-order valence-electron chi connectivity index (χ4n) is 4.41. The predicted octanol–water partition coefficient (Wildman–Crippen LogP) is 2.39. The van der Waals surface area contributed by atoms with Crippen LogP contribution in [0.5, 0.6) is 5.75 Å². The first kappa shape index (κ1) is 27.8. The van der Waals surface area contributed by atoms with Crippen molar-refractivity contribution in [3.05, 3.63) is 64.6 Å². The van der Waals surface area contributed by atoms with Gasteiger partial charge in [-0.25, -0.2) is 0 Å². The van der Waals surface area contributed by atoms with Gasteiger partial charge in [0.25, 0.3) is 5.56 Å². The molecular weight excluding hydrogens is 510 g/mol. The summed E-state index contributed by atoms with van der Waals surface area (Å²) in [5, 5.41) is 12.2. The van der Waals surface area contributed by atoms with Crippen molar-refractivity contribution in [2.45, 2.75) is 58.4 Å². The van der Waals surface area contributed by atoms with Gasteiger partial charge in [-0.05, 0) is 53.3 Å². The van der Waals surface area contributed by atoms with Crippen molar-refractivity contribution < 1.29 is 43.2 Å². The van der Waals surface area contributed by atoms with Crippen molar-refractivity contribution in [2.24, 2.45) is 0 Å². The van der Waals surface area contributed by atoms with Gasteiger partial charge in [0.15, 0.2) is 6.10 Å². The minimum Gasteiger partial charge on any atom is -0.463 e. The summed E-state index contributed by atoms with van der Waals surface area (Å²) in [6.07, 6.45) is -4.99. The number of benzene rings is 2. The number of carbonyl (C=O) groups is 3. The second-order valence-electron chi connectivity index (χ2n) is 9.19. The largest absolute Gasteiger partial charge is 0.463 e. The standard InChI is InChI=1S/C28H29NO10/c1-14-11-19(20-6-5-18-9-10-29-27(34)21(18)12-20)7-8-22(14)38-28-26(37-17(4)32)25(36-16(3)31)24(33)23(39-28)13-35-15(2)30/h5-12,23-26,28,33H,13H2,1-4H3,(H,29,34). The van der Waals surface area contributed by atoms with Crippen molar-refractivity contribution in [2.75, 3.05) is 6.61 Å². The number of aliphatic hydroxyl groups excluding tert-OH is 1. The summed E-state index contributed by atoms with van der Waals surface area (Å²) in [5.41, 5.74) is 2.14. The summed E-state index contributed by atoms with van der Waals surface area (Å²) in [6, 6.07) is 12.7. The molecule has 0 spiro atoms. The SMILES string of the molecule is CC(=O)OCC1OC(Oc2ccc(-c3ccc4cc[nH]c(=O)c4c3)cc2C)C(OC(C)=O)C(OC(C)=O)C1O. The number of aliphatic hydroxyl groups is 1. The number of H-pyrrole nitrogens is 1. The van der Waals surface area contributed by atoms with E-state index in [0.717, 1.165) is 30.4 Å². The Morgan fingerprint density at radius 3 is 2.26 bits per heavy atom. The summed E-state index contributed by atoms with van der Waals surface area (Å²) in [7, 11) is 0. The smallest absolute Gasteiger partial charge is 0.303 e. The highest BCUT2D eigenvalue weighted by molar-refractivity contribution is 5.86. The molecule has 0 amide bonds. The third-order valence-electron chi connectivity index (χ3n) is 6.20. The maximum absolute atomic E-state index is 12.2. The lowest BCUT2D eigenvalue weighted by atomic mass is 9.98. The first-order chi connectivity index (χ1) is 18.5. The van der Waals surface area contributed by atoms with Crippen LogP contribution in [0.1, 0.15) is 26.3 Å². The number of fused-ring (bicyclic) bond motifs is 1. The molecule has 11 nitrogen and oxygen atoms in total. The molecule has 1 aliphatic rings. The zero-order valence-corrected chi connectivity index (χ0v) is 21.8. The number of rotatable bonds is 7. The minimum absolute atomic E-state index is 0.190. The van der Waals surface area contributed by atoms with E-state index in [-0.39, 0.29) is 12.2 Å². The van der Waals surface area contributed by atoms with Gasteiger partial charge in [-0.15, -0.1) is 0 Å². The maximum atomic E-state index is 12.2. The number of carbonyl (C=O) groups excluding carboxylic acids is 3. The number of aryl methyl sites for hydroxylation is 1. The summed E-state index contributed by atoms with van der Waals surface area (Å²) >= 11 is 0. The van der Waals surface area contributed by atoms with Crippen LogP contribution in [-0.2, 0) is 33.3 Å². The predicted molar refractivity (Wildman–Crippen MR) is 138 cm³/mol. The molecule has 206 valence electrons. The third-order valence-corrected chi connectivity index (χ3v) is 6.20. The van der Waals surface area contributed by atoms with Crippen LogP contribution < -0.4 is 10.3 Å². The molecular formula is C28H29NO10. The van der Waals surface area contributed by atoms with Crippen molar-refractivity contribution in [3.8, 4) is 16.9 Å². The van der Waals surface area contributed by atoms with E-state index >= 15 is 0 Å². The van der Waals surface area contributed by atoms with Crippen molar-refractivity contribution in [1.29, 1.82) is 0 Å². The number of esters is 3. The zero-order chi connectivity index (χ0) is 28.3. The molecule has 11 heteroatoms. The van der Waals surface area contributed by atoms with Gasteiger partial charge < -0.3 is 33.8 Å². The number of ether oxygens (including phenoxy) is 5. The van der Waals surface area contributed by atoms with Crippen LogP contribution in [-0.4, -0.2) is 65.3 Å². The number of aromatic nitrogens is 1. The lowest BCUT2D eigenvalue weighted by Gasteiger charge is -2.42. The van der Waals surface area contributed by atoms with Crippen LogP contribution >= 0.6 is 0 Å². The molecule has 0 radical (unpaired) electrons. The Morgan fingerprint density at radius 2 is 1.59 bits per heavy atom. The van der Waals surface area contributed by atoms with E-state index in [1.54, 1.807) is 31.3 Å². The van der Waals surface area contributed by atoms with Crippen LogP contribution in [0.25, 0.3) is 21.9 Å². The summed E-state index contributed by atoms with van der Waals surface area (Å²) in [6.45, 7) is 4.96. The second kappa shape index (κ2) is 11.7. The highest BCUT2D eigenvalue weighted by Crippen LogP contribution is 2.32.